The molecule has 0 aliphatic rings. The monoisotopic (exact) mass is 393 g/mol. The highest BCUT2D eigenvalue weighted by Crippen LogP contribution is 2.28. The molecule has 2 aromatic carbocycles. The third-order valence-corrected chi connectivity index (χ3v) is 5.18. The number of methoxy groups -OCH3 is 1. The van der Waals surface area contributed by atoms with E-state index in [0.29, 0.717) is 22.2 Å². The summed E-state index contributed by atoms with van der Waals surface area (Å²) in [6.45, 7) is 9.54. The predicted octanol–water partition coefficient (Wildman–Crippen LogP) is 4.72. The molecule has 0 atom stereocenters. The highest BCUT2D eigenvalue weighted by molar-refractivity contribution is 6.14. The molecule has 1 heterocycles. The van der Waals surface area contributed by atoms with Gasteiger partial charge in [0.15, 0.2) is 0 Å². The molecule has 0 saturated carbocycles. The molecule has 1 N–H and O–H groups in total. The van der Waals surface area contributed by atoms with E-state index in [1.807, 2.05) is 19.1 Å². The van der Waals surface area contributed by atoms with Gasteiger partial charge in [-0.1, -0.05) is 0 Å². The lowest BCUT2D eigenvalue weighted by atomic mass is 10.1. The van der Waals surface area contributed by atoms with Crippen LogP contribution in [0.25, 0.3) is 10.9 Å². The molecular weight excluding hydrogens is 366 g/mol. The molecule has 0 spiro atoms. The van der Waals surface area contributed by atoms with Crippen LogP contribution < -0.4 is 15.0 Å². The molecule has 6 nitrogen and oxygen atoms in total. The zero-order chi connectivity index (χ0) is 21.1. The van der Waals surface area contributed by atoms with Crippen LogP contribution in [0.2, 0.25) is 0 Å². The first-order valence-corrected chi connectivity index (χ1v) is 9.76. The first-order valence-electron chi connectivity index (χ1n) is 9.76. The number of carbonyl (C=O) groups excluding carboxylic acids is 2. The van der Waals surface area contributed by atoms with Gasteiger partial charge < -0.3 is 15.0 Å². The number of hydrogen-bond acceptors (Lipinski definition) is 4. The van der Waals surface area contributed by atoms with Gasteiger partial charge in [0.1, 0.15) is 5.75 Å². The van der Waals surface area contributed by atoms with Crippen molar-refractivity contribution in [2.75, 3.05) is 30.4 Å². The van der Waals surface area contributed by atoms with Gasteiger partial charge in [-0.05, 0) is 62.7 Å². The van der Waals surface area contributed by atoms with Crippen molar-refractivity contribution in [3.8, 4) is 5.75 Å². The Labute approximate surface area is 171 Å². The van der Waals surface area contributed by atoms with E-state index in [1.165, 1.54) is 11.5 Å². The smallest absolute Gasteiger partial charge is 0.257 e. The average Bonchev–Trinajstić information content (AvgIpc) is 3.10. The normalized spacial score (nSPS) is 10.8. The largest absolute Gasteiger partial charge is 0.497 e. The highest BCUT2D eigenvalue weighted by Gasteiger charge is 2.18. The third-order valence-electron chi connectivity index (χ3n) is 5.18. The minimum atomic E-state index is -0.262. The maximum absolute atomic E-state index is 13.1. The summed E-state index contributed by atoms with van der Waals surface area (Å²) < 4.78 is 6.78. The molecule has 0 aliphatic carbocycles. The van der Waals surface area contributed by atoms with Gasteiger partial charge in [0, 0.05) is 43.0 Å². The summed E-state index contributed by atoms with van der Waals surface area (Å²) in [5, 5.41) is 3.66. The average molecular weight is 393 g/mol. The van der Waals surface area contributed by atoms with Crippen LogP contribution >= 0.6 is 0 Å². The number of rotatable bonds is 6. The van der Waals surface area contributed by atoms with Crippen molar-refractivity contribution in [1.29, 1.82) is 0 Å². The summed E-state index contributed by atoms with van der Waals surface area (Å²) in [6, 6.07) is 11.4. The van der Waals surface area contributed by atoms with E-state index in [-0.39, 0.29) is 11.8 Å². The molecule has 29 heavy (non-hydrogen) atoms. The van der Waals surface area contributed by atoms with Crippen LogP contribution in [0.1, 0.15) is 41.5 Å². The number of fused-ring (bicyclic) bond motifs is 1. The summed E-state index contributed by atoms with van der Waals surface area (Å²) in [4.78, 5) is 27.3. The van der Waals surface area contributed by atoms with Gasteiger partial charge in [-0.3, -0.25) is 14.2 Å². The van der Waals surface area contributed by atoms with Gasteiger partial charge in [0.05, 0.1) is 18.2 Å². The Bertz CT molecular complexity index is 1060. The molecule has 1 amide bonds. The van der Waals surface area contributed by atoms with Crippen LogP contribution in [0.4, 0.5) is 11.4 Å². The second kappa shape index (κ2) is 8.39. The topological polar surface area (TPSA) is 63.6 Å². The van der Waals surface area contributed by atoms with E-state index >= 15 is 0 Å². The van der Waals surface area contributed by atoms with E-state index < -0.39 is 0 Å². The summed E-state index contributed by atoms with van der Waals surface area (Å²) in [5.41, 5.74) is 3.97. The first-order chi connectivity index (χ1) is 13.9. The highest BCUT2D eigenvalue weighted by atomic mass is 16.5. The number of aromatic nitrogens is 1. The van der Waals surface area contributed by atoms with Crippen molar-refractivity contribution in [2.45, 2.75) is 27.7 Å². The molecule has 1 aromatic heterocycles. The molecule has 0 saturated heterocycles. The molecule has 6 heteroatoms. The van der Waals surface area contributed by atoms with Crippen LogP contribution in [0.3, 0.4) is 0 Å². The standard InChI is InChI=1S/C23H27N3O3/c1-6-25(7-2)17-8-10-21(15(3)12-17)24-23(28)20-14-26(16(4)27)22-11-9-18(29-5)13-19(20)22/h8-14H,6-7H2,1-5H3,(H,24,28). The Morgan fingerprint density at radius 3 is 2.41 bits per heavy atom. The zero-order valence-electron chi connectivity index (χ0n) is 17.6. The van der Waals surface area contributed by atoms with Crippen molar-refractivity contribution in [1.82, 2.24) is 4.57 Å². The van der Waals surface area contributed by atoms with Gasteiger partial charge in [0.25, 0.3) is 5.91 Å². The number of hydrogen-bond donors (Lipinski definition) is 1. The van der Waals surface area contributed by atoms with E-state index in [9.17, 15) is 9.59 Å². The maximum Gasteiger partial charge on any atom is 0.257 e. The summed E-state index contributed by atoms with van der Waals surface area (Å²) >= 11 is 0. The number of carbonyl (C=O) groups is 2. The van der Waals surface area contributed by atoms with Gasteiger partial charge in [-0.2, -0.15) is 0 Å². The fourth-order valence-corrected chi connectivity index (χ4v) is 3.54. The molecule has 0 aliphatic heterocycles. The van der Waals surface area contributed by atoms with Gasteiger partial charge >= 0.3 is 0 Å². The zero-order valence-corrected chi connectivity index (χ0v) is 17.6. The number of ether oxygens (including phenoxy) is 1. The molecule has 0 unspecified atom stereocenters. The fraction of sp³-hybridized carbons (Fsp3) is 0.304. The molecule has 0 bridgehead atoms. The lowest BCUT2D eigenvalue weighted by molar-refractivity contribution is 0.0941. The predicted molar refractivity (Wildman–Crippen MR) is 117 cm³/mol. The van der Waals surface area contributed by atoms with Crippen LogP contribution in [0, 0.1) is 6.92 Å². The van der Waals surface area contributed by atoms with Crippen molar-refractivity contribution in [3.05, 3.63) is 53.7 Å². The van der Waals surface area contributed by atoms with E-state index in [2.05, 4.69) is 30.1 Å². The lowest BCUT2D eigenvalue weighted by Gasteiger charge is -2.22. The Morgan fingerprint density at radius 1 is 1.10 bits per heavy atom. The number of anilines is 2. The van der Waals surface area contributed by atoms with Crippen molar-refractivity contribution >= 4 is 34.1 Å². The Kier molecular flexibility index (Phi) is 5.92. The van der Waals surface area contributed by atoms with Crippen molar-refractivity contribution in [2.24, 2.45) is 0 Å². The minimum absolute atomic E-state index is 0.154. The summed E-state index contributed by atoms with van der Waals surface area (Å²) in [5.74, 6) is 0.216. The number of nitrogens with one attached hydrogen (secondary N) is 1. The fourth-order valence-electron chi connectivity index (χ4n) is 3.54. The molecule has 3 aromatic rings. The van der Waals surface area contributed by atoms with Crippen LogP contribution in [-0.4, -0.2) is 36.6 Å². The van der Waals surface area contributed by atoms with Gasteiger partial charge in [-0.15, -0.1) is 0 Å². The van der Waals surface area contributed by atoms with Crippen LogP contribution in [-0.2, 0) is 0 Å². The molecule has 152 valence electrons. The molecule has 0 fully saturated rings. The Morgan fingerprint density at radius 2 is 1.83 bits per heavy atom. The second-order valence-corrected chi connectivity index (χ2v) is 6.94. The third kappa shape index (κ3) is 3.97. The summed E-state index contributed by atoms with van der Waals surface area (Å²) in [6.07, 6.45) is 1.58. The number of aryl methyl sites for hydroxylation is 1. The quantitative estimate of drug-likeness (QED) is 0.658. The van der Waals surface area contributed by atoms with Crippen LogP contribution in [0.5, 0.6) is 5.75 Å². The lowest BCUT2D eigenvalue weighted by Crippen LogP contribution is -2.22. The Hall–Kier alpha value is -3.28. The van der Waals surface area contributed by atoms with Crippen molar-refractivity contribution < 1.29 is 14.3 Å². The number of amides is 1. The first kappa shape index (κ1) is 20.5. The molecule has 3 rings (SSSR count). The Balaban J connectivity index is 1.97. The minimum Gasteiger partial charge on any atom is -0.497 e. The number of nitrogens with zero attached hydrogens (tertiary/aromatic N) is 2. The van der Waals surface area contributed by atoms with Gasteiger partial charge in [-0.25, -0.2) is 0 Å². The summed E-state index contributed by atoms with van der Waals surface area (Å²) in [7, 11) is 1.57. The van der Waals surface area contributed by atoms with Crippen molar-refractivity contribution in [3.63, 3.8) is 0 Å². The van der Waals surface area contributed by atoms with E-state index in [0.717, 1.165) is 30.0 Å². The number of benzene rings is 2. The SMILES string of the molecule is CCN(CC)c1ccc(NC(=O)c2cn(C(C)=O)c3ccc(OC)cc23)c(C)c1. The van der Waals surface area contributed by atoms with E-state index in [4.69, 9.17) is 4.74 Å². The van der Waals surface area contributed by atoms with Crippen LogP contribution in [0.15, 0.2) is 42.6 Å². The molecule has 0 radical (unpaired) electrons. The molecular formula is C23H27N3O3. The van der Waals surface area contributed by atoms with Gasteiger partial charge in [0.2, 0.25) is 5.91 Å². The van der Waals surface area contributed by atoms with E-state index in [1.54, 1.807) is 31.5 Å². The maximum atomic E-state index is 13.1. The second-order valence-electron chi connectivity index (χ2n) is 6.94.